The molecule has 0 saturated carbocycles. The summed E-state index contributed by atoms with van der Waals surface area (Å²) in [4.78, 5) is 15.7. The molecule has 3 rings (SSSR count). The molecule has 1 aliphatic rings. The van der Waals surface area contributed by atoms with Crippen LogP contribution in [0.5, 0.6) is 0 Å². The molecule has 0 bridgehead atoms. The number of amides is 1. The van der Waals surface area contributed by atoms with Gasteiger partial charge in [0.1, 0.15) is 0 Å². The third-order valence-electron chi connectivity index (χ3n) is 4.56. The van der Waals surface area contributed by atoms with E-state index in [1.165, 1.54) is 29.2 Å². The van der Waals surface area contributed by atoms with Crippen molar-refractivity contribution in [3.05, 3.63) is 63.9 Å². The highest BCUT2D eigenvalue weighted by Crippen LogP contribution is 2.30. The number of nitrogens with zero attached hydrogens (tertiary/aromatic N) is 1. The average molecular weight is 394 g/mol. The van der Waals surface area contributed by atoms with E-state index in [4.69, 9.17) is 0 Å². The van der Waals surface area contributed by atoms with E-state index in [-0.39, 0.29) is 11.9 Å². The fourth-order valence-corrected chi connectivity index (χ4v) is 4.05. The number of likely N-dealkylation sites (tertiary alicyclic amines) is 1. The molecule has 1 saturated heterocycles. The molecule has 7 heteroatoms. The molecule has 2 aromatic rings. The van der Waals surface area contributed by atoms with E-state index >= 15 is 0 Å². The minimum Gasteiger partial charge on any atom is -0.351 e. The molecule has 1 fully saturated rings. The van der Waals surface area contributed by atoms with E-state index in [0.29, 0.717) is 12.1 Å². The number of carbonyl (C=O) groups excluding carboxylic acids is 1. The van der Waals surface area contributed by atoms with Gasteiger partial charge in [0, 0.05) is 17.5 Å². The first-order valence-electron chi connectivity index (χ1n) is 8.84. The van der Waals surface area contributed by atoms with Crippen LogP contribution in [0.2, 0.25) is 0 Å². The second kappa shape index (κ2) is 8.71. The predicted molar refractivity (Wildman–Crippen MR) is 101 cm³/mol. The predicted octanol–water partition coefficient (Wildman–Crippen LogP) is 4.73. The quantitative estimate of drug-likeness (QED) is 0.718. The largest absolute Gasteiger partial charge is 0.416 e. The van der Waals surface area contributed by atoms with Gasteiger partial charge >= 0.3 is 6.18 Å². The van der Waals surface area contributed by atoms with Gasteiger partial charge < -0.3 is 5.32 Å². The molecule has 1 aliphatic heterocycles. The molecule has 0 aliphatic carbocycles. The van der Waals surface area contributed by atoms with Gasteiger partial charge in [-0.2, -0.15) is 13.2 Å². The van der Waals surface area contributed by atoms with E-state index in [2.05, 4.69) is 16.3 Å². The van der Waals surface area contributed by atoms with Crippen molar-refractivity contribution in [1.29, 1.82) is 0 Å². The summed E-state index contributed by atoms with van der Waals surface area (Å²) in [6.07, 6.45) is 0.609. The summed E-state index contributed by atoms with van der Waals surface area (Å²) in [5.41, 5.74) is -0.383. The van der Waals surface area contributed by atoms with Gasteiger partial charge in [-0.3, -0.25) is 9.69 Å². The first-order valence-corrected chi connectivity index (χ1v) is 9.72. The highest BCUT2D eigenvalue weighted by molar-refractivity contribution is 7.10. The van der Waals surface area contributed by atoms with Crippen LogP contribution < -0.4 is 5.32 Å². The summed E-state index contributed by atoms with van der Waals surface area (Å²) in [6, 6.07) is 9.12. The molecular formula is C20H21F3N2OS. The summed E-state index contributed by atoms with van der Waals surface area (Å²) >= 11 is 1.67. The van der Waals surface area contributed by atoms with Crippen molar-refractivity contribution in [3.8, 4) is 0 Å². The van der Waals surface area contributed by atoms with Gasteiger partial charge in [-0.15, -0.1) is 11.3 Å². The average Bonchev–Trinajstić information content (AvgIpc) is 3.34. The first kappa shape index (κ1) is 19.6. The lowest BCUT2D eigenvalue weighted by Gasteiger charge is -2.26. The molecule has 0 radical (unpaired) electrons. The van der Waals surface area contributed by atoms with Crippen LogP contribution in [0, 0.1) is 0 Å². The van der Waals surface area contributed by atoms with Crippen LogP contribution in [0.25, 0.3) is 6.08 Å². The second-order valence-corrected chi connectivity index (χ2v) is 7.46. The van der Waals surface area contributed by atoms with Gasteiger partial charge in [-0.1, -0.05) is 18.2 Å². The maximum Gasteiger partial charge on any atom is 0.416 e. The fraction of sp³-hybridized carbons (Fsp3) is 0.350. The van der Waals surface area contributed by atoms with Crippen molar-refractivity contribution >= 4 is 23.3 Å². The molecule has 1 atom stereocenters. The summed E-state index contributed by atoms with van der Waals surface area (Å²) in [6.45, 7) is 2.50. The van der Waals surface area contributed by atoms with E-state index in [9.17, 15) is 18.0 Å². The van der Waals surface area contributed by atoms with Crippen molar-refractivity contribution in [2.24, 2.45) is 0 Å². The van der Waals surface area contributed by atoms with Gasteiger partial charge in [0.15, 0.2) is 0 Å². The van der Waals surface area contributed by atoms with Crippen LogP contribution in [-0.4, -0.2) is 30.4 Å². The Hall–Kier alpha value is -2.12. The molecule has 27 heavy (non-hydrogen) atoms. The zero-order valence-electron chi connectivity index (χ0n) is 14.7. The highest BCUT2D eigenvalue weighted by Gasteiger charge is 2.30. The first-order chi connectivity index (χ1) is 12.9. The van der Waals surface area contributed by atoms with Crippen LogP contribution in [0.4, 0.5) is 13.2 Å². The maximum absolute atomic E-state index is 12.8. The van der Waals surface area contributed by atoms with Crippen LogP contribution in [0.15, 0.2) is 47.9 Å². The van der Waals surface area contributed by atoms with Gasteiger partial charge in [-0.25, -0.2) is 0 Å². The van der Waals surface area contributed by atoms with Crippen molar-refractivity contribution < 1.29 is 18.0 Å². The molecule has 0 spiro atoms. The topological polar surface area (TPSA) is 32.3 Å². The smallest absolute Gasteiger partial charge is 0.351 e. The van der Waals surface area contributed by atoms with Crippen LogP contribution >= 0.6 is 11.3 Å². The van der Waals surface area contributed by atoms with Gasteiger partial charge in [0.25, 0.3) is 0 Å². The summed E-state index contributed by atoms with van der Waals surface area (Å²) in [5, 5.41) is 4.90. The Bertz CT molecular complexity index is 781. The van der Waals surface area contributed by atoms with E-state index < -0.39 is 11.7 Å². The number of hydrogen-bond donors (Lipinski definition) is 1. The maximum atomic E-state index is 12.8. The summed E-state index contributed by atoms with van der Waals surface area (Å²) in [5.74, 6) is -0.312. The third kappa shape index (κ3) is 5.43. The van der Waals surface area contributed by atoms with Gasteiger partial charge in [0.2, 0.25) is 5.91 Å². The standard InChI is InChI=1S/C20H21F3N2OS/c21-20(22,23)16-6-3-5-15(13-16)8-9-19(26)24-14-17(18-7-4-12-27-18)25-10-1-2-11-25/h3-9,12-13,17H,1-2,10-11,14H2,(H,24,26)/b9-8+. The third-order valence-corrected chi connectivity index (χ3v) is 5.54. The fourth-order valence-electron chi connectivity index (χ4n) is 3.19. The number of halogens is 3. The number of carbonyl (C=O) groups is 1. The van der Waals surface area contributed by atoms with Crippen molar-refractivity contribution in [2.45, 2.75) is 25.1 Å². The molecule has 1 aromatic heterocycles. The molecule has 1 amide bonds. The van der Waals surface area contributed by atoms with Crippen molar-refractivity contribution in [3.63, 3.8) is 0 Å². The number of nitrogens with one attached hydrogen (secondary N) is 1. The van der Waals surface area contributed by atoms with E-state index in [1.54, 1.807) is 11.3 Å². The Morgan fingerprint density at radius 3 is 2.67 bits per heavy atom. The van der Waals surface area contributed by atoms with E-state index in [1.807, 2.05) is 11.4 Å². The van der Waals surface area contributed by atoms with Crippen LogP contribution in [0.1, 0.15) is 34.9 Å². The summed E-state index contributed by atoms with van der Waals surface area (Å²) < 4.78 is 38.3. The Morgan fingerprint density at radius 2 is 2.00 bits per heavy atom. The molecule has 1 N–H and O–H groups in total. The summed E-state index contributed by atoms with van der Waals surface area (Å²) in [7, 11) is 0. The molecule has 2 heterocycles. The van der Waals surface area contributed by atoms with Gasteiger partial charge in [-0.05, 0) is 61.1 Å². The number of thiophene rings is 1. The number of rotatable bonds is 6. The minimum atomic E-state index is -4.39. The van der Waals surface area contributed by atoms with Crippen LogP contribution in [0.3, 0.4) is 0 Å². The van der Waals surface area contributed by atoms with Crippen molar-refractivity contribution in [1.82, 2.24) is 10.2 Å². The molecule has 1 unspecified atom stereocenters. The lowest BCUT2D eigenvalue weighted by Crippen LogP contribution is -2.35. The van der Waals surface area contributed by atoms with Crippen molar-refractivity contribution in [2.75, 3.05) is 19.6 Å². The molecule has 1 aromatic carbocycles. The number of hydrogen-bond acceptors (Lipinski definition) is 3. The van der Waals surface area contributed by atoms with E-state index in [0.717, 1.165) is 38.1 Å². The SMILES string of the molecule is O=C(/C=C/c1cccc(C(F)(F)F)c1)NCC(c1cccs1)N1CCCC1. The lowest BCUT2D eigenvalue weighted by atomic mass is 10.1. The molecule has 144 valence electrons. The van der Waals surface area contributed by atoms with Gasteiger partial charge in [0.05, 0.1) is 11.6 Å². The minimum absolute atomic E-state index is 0.137. The lowest BCUT2D eigenvalue weighted by molar-refractivity contribution is -0.137. The highest BCUT2D eigenvalue weighted by atomic mass is 32.1. The Kier molecular flexibility index (Phi) is 6.34. The zero-order valence-corrected chi connectivity index (χ0v) is 15.5. The Balaban J connectivity index is 1.60. The monoisotopic (exact) mass is 394 g/mol. The van der Waals surface area contributed by atoms with Crippen LogP contribution in [-0.2, 0) is 11.0 Å². The second-order valence-electron chi connectivity index (χ2n) is 6.48. The molecular weight excluding hydrogens is 373 g/mol. The molecule has 3 nitrogen and oxygen atoms in total. The number of alkyl halides is 3. The Labute approximate surface area is 160 Å². The number of benzene rings is 1. The zero-order chi connectivity index (χ0) is 19.3. The normalized spacial score (nSPS) is 16.7. The Morgan fingerprint density at radius 1 is 1.22 bits per heavy atom.